The van der Waals surface area contributed by atoms with Gasteiger partial charge in [-0.15, -0.1) is 0 Å². The van der Waals surface area contributed by atoms with Crippen molar-refractivity contribution in [2.75, 3.05) is 7.11 Å². The Balaban J connectivity index is 2.95. The molecule has 1 aliphatic rings. The average molecular weight is 288 g/mol. The number of hydrogen-bond donors (Lipinski definition) is 4. The Hall–Kier alpha value is -0.820. The maximum absolute atomic E-state index is 10.7. The van der Waals surface area contributed by atoms with Gasteiger partial charge in [0.1, 0.15) is 12.2 Å². The molecule has 0 aromatic rings. The van der Waals surface area contributed by atoms with Gasteiger partial charge in [0, 0.05) is 7.11 Å². The lowest BCUT2D eigenvalue weighted by atomic mass is 9.99. The standard InChI is InChI=1S/C7H12O10S/c1-15-7-5(17-18(12,13)14)3(9)2(8)4(16-7)6(10)11/h2-5,7-9H,1H3,(H,10,11)(H,12,13,14)/t2-,3?,4+,5+,7+/m0/s1. The van der Waals surface area contributed by atoms with Gasteiger partial charge in [0.05, 0.1) is 0 Å². The highest BCUT2D eigenvalue weighted by atomic mass is 32.3. The number of rotatable bonds is 4. The van der Waals surface area contributed by atoms with Crippen molar-refractivity contribution in [3.63, 3.8) is 0 Å². The molecule has 1 heterocycles. The number of carboxylic acids is 1. The fourth-order valence-corrected chi connectivity index (χ4v) is 1.96. The predicted octanol–water partition coefficient (Wildman–Crippen LogP) is -2.65. The Morgan fingerprint density at radius 3 is 2.22 bits per heavy atom. The molecular formula is C7H12O10S. The molecule has 0 bridgehead atoms. The van der Waals surface area contributed by atoms with E-state index >= 15 is 0 Å². The minimum atomic E-state index is -4.94. The van der Waals surface area contributed by atoms with Crippen LogP contribution in [0.25, 0.3) is 0 Å². The third-order valence-corrected chi connectivity index (χ3v) is 2.72. The molecule has 5 atom stereocenters. The minimum Gasteiger partial charge on any atom is -0.479 e. The zero-order valence-electron chi connectivity index (χ0n) is 9.03. The molecule has 0 aliphatic carbocycles. The lowest BCUT2D eigenvalue weighted by Crippen LogP contribution is -2.61. The summed E-state index contributed by atoms with van der Waals surface area (Å²) >= 11 is 0. The second kappa shape index (κ2) is 5.44. The topological polar surface area (TPSA) is 160 Å². The molecule has 1 saturated heterocycles. The molecule has 1 fully saturated rings. The summed E-state index contributed by atoms with van der Waals surface area (Å²) in [6.45, 7) is 0. The van der Waals surface area contributed by atoms with E-state index in [-0.39, 0.29) is 0 Å². The molecule has 10 nitrogen and oxygen atoms in total. The first kappa shape index (κ1) is 15.2. The van der Waals surface area contributed by atoms with Crippen LogP contribution < -0.4 is 0 Å². The largest absolute Gasteiger partial charge is 0.479 e. The first-order valence-electron chi connectivity index (χ1n) is 4.60. The quantitative estimate of drug-likeness (QED) is 0.402. The van der Waals surface area contributed by atoms with Gasteiger partial charge in [-0.2, -0.15) is 8.42 Å². The molecule has 0 radical (unpaired) electrons. The monoisotopic (exact) mass is 288 g/mol. The van der Waals surface area contributed by atoms with Crippen molar-refractivity contribution in [1.82, 2.24) is 0 Å². The fraction of sp³-hybridized carbons (Fsp3) is 0.857. The Bertz CT molecular complexity index is 402. The van der Waals surface area contributed by atoms with E-state index in [2.05, 4.69) is 8.92 Å². The van der Waals surface area contributed by atoms with Crippen LogP contribution in [-0.2, 0) is 28.9 Å². The van der Waals surface area contributed by atoms with Crippen molar-refractivity contribution >= 4 is 16.4 Å². The predicted molar refractivity (Wildman–Crippen MR) is 51.7 cm³/mol. The summed E-state index contributed by atoms with van der Waals surface area (Å²) in [5, 5.41) is 27.7. The van der Waals surface area contributed by atoms with Crippen LogP contribution in [0.3, 0.4) is 0 Å². The summed E-state index contributed by atoms with van der Waals surface area (Å²) < 4.78 is 42.9. The fourth-order valence-electron chi connectivity index (χ4n) is 1.47. The number of aliphatic hydroxyl groups is 2. The van der Waals surface area contributed by atoms with E-state index in [1.807, 2.05) is 0 Å². The van der Waals surface area contributed by atoms with Gasteiger partial charge in [-0.3, -0.25) is 4.55 Å². The summed E-state index contributed by atoms with van der Waals surface area (Å²) in [6, 6.07) is 0. The summed E-state index contributed by atoms with van der Waals surface area (Å²) in [6.07, 6.45) is -9.08. The van der Waals surface area contributed by atoms with Crippen molar-refractivity contribution in [2.24, 2.45) is 0 Å². The van der Waals surface area contributed by atoms with Gasteiger partial charge in [-0.25, -0.2) is 8.98 Å². The van der Waals surface area contributed by atoms with Gasteiger partial charge in [0.25, 0.3) is 0 Å². The lowest BCUT2D eigenvalue weighted by Gasteiger charge is -2.39. The smallest absolute Gasteiger partial charge is 0.397 e. The maximum Gasteiger partial charge on any atom is 0.397 e. The molecule has 0 spiro atoms. The van der Waals surface area contributed by atoms with Crippen molar-refractivity contribution in [2.45, 2.75) is 30.7 Å². The van der Waals surface area contributed by atoms with Gasteiger partial charge in [0.15, 0.2) is 18.5 Å². The Morgan fingerprint density at radius 1 is 1.28 bits per heavy atom. The normalized spacial score (nSPS) is 37.4. The van der Waals surface area contributed by atoms with Crippen LogP contribution in [0.15, 0.2) is 0 Å². The van der Waals surface area contributed by atoms with Crippen molar-refractivity contribution in [3.8, 4) is 0 Å². The molecular weight excluding hydrogens is 276 g/mol. The third-order valence-electron chi connectivity index (χ3n) is 2.25. The van der Waals surface area contributed by atoms with Crippen molar-refractivity contribution in [1.29, 1.82) is 0 Å². The zero-order valence-corrected chi connectivity index (χ0v) is 9.85. The first-order chi connectivity index (χ1) is 8.17. The van der Waals surface area contributed by atoms with Crippen LogP contribution in [0.4, 0.5) is 0 Å². The Kier molecular flexibility index (Phi) is 4.61. The molecule has 1 unspecified atom stereocenters. The van der Waals surface area contributed by atoms with Gasteiger partial charge in [0.2, 0.25) is 0 Å². The molecule has 1 aliphatic heterocycles. The van der Waals surface area contributed by atoms with Crippen LogP contribution in [0.1, 0.15) is 0 Å². The Morgan fingerprint density at radius 2 is 1.83 bits per heavy atom. The van der Waals surface area contributed by atoms with Crippen molar-refractivity contribution in [3.05, 3.63) is 0 Å². The lowest BCUT2D eigenvalue weighted by molar-refractivity contribution is -0.281. The third kappa shape index (κ3) is 3.35. The highest BCUT2D eigenvalue weighted by Gasteiger charge is 2.50. The molecule has 0 saturated carbocycles. The molecule has 4 N–H and O–H groups in total. The van der Waals surface area contributed by atoms with Crippen LogP contribution in [-0.4, -0.2) is 72.1 Å². The molecule has 0 amide bonds. The van der Waals surface area contributed by atoms with E-state index in [1.165, 1.54) is 0 Å². The van der Waals surface area contributed by atoms with Crippen LogP contribution in [0.5, 0.6) is 0 Å². The van der Waals surface area contributed by atoms with E-state index in [0.717, 1.165) is 7.11 Å². The van der Waals surface area contributed by atoms with Crippen LogP contribution >= 0.6 is 0 Å². The second-order valence-electron chi connectivity index (χ2n) is 3.47. The number of hydrogen-bond acceptors (Lipinski definition) is 8. The summed E-state index contributed by atoms with van der Waals surface area (Å²) in [7, 11) is -3.90. The van der Waals surface area contributed by atoms with E-state index < -0.39 is 47.1 Å². The summed E-state index contributed by atoms with van der Waals surface area (Å²) in [4.78, 5) is 10.7. The molecule has 1 rings (SSSR count). The van der Waals surface area contributed by atoms with Gasteiger partial charge in [-0.1, -0.05) is 0 Å². The number of methoxy groups -OCH3 is 1. The molecule has 106 valence electrons. The number of aliphatic hydroxyl groups excluding tert-OH is 2. The average Bonchev–Trinajstić information content (AvgIpc) is 2.23. The Labute approximate surface area is 102 Å². The zero-order chi connectivity index (χ0) is 14.1. The van der Waals surface area contributed by atoms with Crippen molar-refractivity contribution < 1.29 is 46.7 Å². The van der Waals surface area contributed by atoms with Gasteiger partial charge >= 0.3 is 16.4 Å². The van der Waals surface area contributed by atoms with Gasteiger partial charge < -0.3 is 24.8 Å². The first-order valence-corrected chi connectivity index (χ1v) is 5.96. The minimum absolute atomic E-state index is 1.04. The summed E-state index contributed by atoms with van der Waals surface area (Å²) in [5.74, 6) is -1.58. The molecule has 0 aromatic carbocycles. The van der Waals surface area contributed by atoms with Crippen LogP contribution in [0, 0.1) is 0 Å². The van der Waals surface area contributed by atoms with E-state index in [9.17, 15) is 23.4 Å². The second-order valence-corrected chi connectivity index (χ2v) is 4.52. The number of carbonyl (C=O) groups is 1. The number of carboxylic acid groups (broad SMARTS) is 1. The maximum atomic E-state index is 10.7. The SMILES string of the molecule is CO[C@@H]1O[C@@H](C(=O)O)[C@@H](O)C(O)[C@H]1OS(=O)(=O)O. The van der Waals surface area contributed by atoms with E-state index in [1.54, 1.807) is 0 Å². The summed E-state index contributed by atoms with van der Waals surface area (Å²) in [5.41, 5.74) is 0. The molecule has 0 aromatic heterocycles. The van der Waals surface area contributed by atoms with Crippen LogP contribution in [0.2, 0.25) is 0 Å². The highest BCUT2D eigenvalue weighted by Crippen LogP contribution is 2.25. The highest BCUT2D eigenvalue weighted by molar-refractivity contribution is 7.80. The van der Waals surface area contributed by atoms with Gasteiger partial charge in [-0.05, 0) is 0 Å². The van der Waals surface area contributed by atoms with E-state index in [0.29, 0.717) is 0 Å². The molecule has 11 heteroatoms. The molecule has 18 heavy (non-hydrogen) atoms. The number of ether oxygens (including phenoxy) is 2. The number of aliphatic carboxylic acids is 1. The van der Waals surface area contributed by atoms with E-state index in [4.69, 9.17) is 14.4 Å².